The first-order valence-corrected chi connectivity index (χ1v) is 6.59. The molecule has 0 radical (unpaired) electrons. The van der Waals surface area contributed by atoms with Gasteiger partial charge in [-0.05, 0) is 31.7 Å². The number of hydrogen-bond acceptors (Lipinski definition) is 3. The summed E-state index contributed by atoms with van der Waals surface area (Å²) in [6.07, 6.45) is 5.51. The smallest absolute Gasteiger partial charge is 0.306 e. The lowest BCUT2D eigenvalue weighted by molar-refractivity contribution is -0.142. The van der Waals surface area contributed by atoms with E-state index in [1.54, 1.807) is 6.07 Å². The second kappa shape index (κ2) is 6.02. The summed E-state index contributed by atoms with van der Waals surface area (Å²) in [6, 6.07) is 1.58. The number of rotatable bonds is 3. The van der Waals surface area contributed by atoms with Crippen LogP contribution in [0.1, 0.15) is 36.0 Å². The Balaban J connectivity index is 1.91. The first-order chi connectivity index (χ1) is 9.08. The first kappa shape index (κ1) is 13.8. The molecule has 102 valence electrons. The maximum atomic E-state index is 12.0. The van der Waals surface area contributed by atoms with E-state index in [4.69, 9.17) is 16.7 Å². The highest BCUT2D eigenvalue weighted by Gasteiger charge is 2.27. The topological polar surface area (TPSA) is 79.3 Å². The number of carbonyl (C=O) groups excluding carboxylic acids is 1. The van der Waals surface area contributed by atoms with E-state index in [0.29, 0.717) is 36.3 Å². The number of aromatic nitrogens is 1. The van der Waals surface area contributed by atoms with Crippen LogP contribution in [0.4, 0.5) is 0 Å². The van der Waals surface area contributed by atoms with Gasteiger partial charge in [0.15, 0.2) is 0 Å². The normalized spacial score (nSPS) is 22.8. The Bertz CT molecular complexity index is 485. The minimum Gasteiger partial charge on any atom is -0.481 e. The summed E-state index contributed by atoms with van der Waals surface area (Å²) in [4.78, 5) is 26.7. The average molecular weight is 283 g/mol. The van der Waals surface area contributed by atoms with Gasteiger partial charge in [0.2, 0.25) is 0 Å². The molecule has 0 aliphatic heterocycles. The monoisotopic (exact) mass is 282 g/mol. The summed E-state index contributed by atoms with van der Waals surface area (Å²) in [7, 11) is 0. The van der Waals surface area contributed by atoms with Crippen LogP contribution in [0.5, 0.6) is 0 Å². The third-order valence-corrected chi connectivity index (χ3v) is 3.75. The predicted molar refractivity (Wildman–Crippen MR) is 70.1 cm³/mol. The van der Waals surface area contributed by atoms with Crippen molar-refractivity contribution in [3.05, 3.63) is 29.0 Å². The Morgan fingerprint density at radius 2 is 2.00 bits per heavy atom. The molecule has 0 aromatic carbocycles. The number of pyridine rings is 1. The van der Waals surface area contributed by atoms with Gasteiger partial charge in [-0.1, -0.05) is 11.6 Å². The molecule has 1 fully saturated rings. The molecule has 1 aromatic rings. The highest BCUT2D eigenvalue weighted by atomic mass is 35.5. The van der Waals surface area contributed by atoms with E-state index in [1.165, 1.54) is 12.4 Å². The van der Waals surface area contributed by atoms with Gasteiger partial charge in [-0.15, -0.1) is 0 Å². The Kier molecular flexibility index (Phi) is 4.37. The number of carboxylic acid groups (broad SMARTS) is 1. The SMILES string of the molecule is O=C(NC1CCC(C(=O)O)CC1)c1cnccc1Cl. The fourth-order valence-corrected chi connectivity index (χ4v) is 2.48. The minimum absolute atomic E-state index is 0.0133. The van der Waals surface area contributed by atoms with Crippen LogP contribution in [-0.4, -0.2) is 28.0 Å². The van der Waals surface area contributed by atoms with Crippen molar-refractivity contribution in [2.75, 3.05) is 0 Å². The molecule has 0 bridgehead atoms. The summed E-state index contributed by atoms with van der Waals surface area (Å²) in [5.74, 6) is -1.29. The number of nitrogens with one attached hydrogen (secondary N) is 1. The van der Waals surface area contributed by atoms with Gasteiger partial charge in [-0.2, -0.15) is 0 Å². The van der Waals surface area contributed by atoms with E-state index in [-0.39, 0.29) is 17.9 Å². The molecular weight excluding hydrogens is 268 g/mol. The van der Waals surface area contributed by atoms with E-state index >= 15 is 0 Å². The summed E-state index contributed by atoms with van der Waals surface area (Å²) < 4.78 is 0. The van der Waals surface area contributed by atoms with Gasteiger partial charge in [0.1, 0.15) is 0 Å². The van der Waals surface area contributed by atoms with Crippen molar-refractivity contribution in [2.45, 2.75) is 31.7 Å². The zero-order valence-corrected chi connectivity index (χ0v) is 11.1. The number of aliphatic carboxylic acids is 1. The second-order valence-electron chi connectivity index (χ2n) is 4.72. The third kappa shape index (κ3) is 3.44. The molecule has 1 amide bonds. The van der Waals surface area contributed by atoms with Crippen molar-refractivity contribution < 1.29 is 14.7 Å². The molecule has 6 heteroatoms. The highest BCUT2D eigenvalue weighted by molar-refractivity contribution is 6.33. The van der Waals surface area contributed by atoms with Gasteiger partial charge in [-0.25, -0.2) is 0 Å². The fraction of sp³-hybridized carbons (Fsp3) is 0.462. The molecular formula is C13H15ClN2O3. The van der Waals surface area contributed by atoms with Crippen molar-refractivity contribution in [1.29, 1.82) is 0 Å². The van der Waals surface area contributed by atoms with E-state index in [0.717, 1.165) is 0 Å². The van der Waals surface area contributed by atoms with Gasteiger partial charge in [-0.3, -0.25) is 14.6 Å². The number of halogens is 1. The van der Waals surface area contributed by atoms with Gasteiger partial charge in [0, 0.05) is 18.4 Å². The molecule has 1 aliphatic carbocycles. The molecule has 0 unspecified atom stereocenters. The van der Waals surface area contributed by atoms with Crippen LogP contribution in [-0.2, 0) is 4.79 Å². The van der Waals surface area contributed by atoms with Crippen LogP contribution >= 0.6 is 11.6 Å². The van der Waals surface area contributed by atoms with Gasteiger partial charge < -0.3 is 10.4 Å². The predicted octanol–water partition coefficient (Wildman–Crippen LogP) is 2.11. The fourth-order valence-electron chi connectivity index (χ4n) is 2.29. The van der Waals surface area contributed by atoms with Crippen molar-refractivity contribution in [1.82, 2.24) is 10.3 Å². The highest BCUT2D eigenvalue weighted by Crippen LogP contribution is 2.25. The number of amides is 1. The lowest BCUT2D eigenvalue weighted by Crippen LogP contribution is -2.38. The van der Waals surface area contributed by atoms with E-state index in [9.17, 15) is 9.59 Å². The van der Waals surface area contributed by atoms with E-state index in [1.807, 2.05) is 0 Å². The van der Waals surface area contributed by atoms with Crippen LogP contribution in [0.15, 0.2) is 18.5 Å². The summed E-state index contributed by atoms with van der Waals surface area (Å²) in [5, 5.41) is 12.2. The van der Waals surface area contributed by atoms with E-state index in [2.05, 4.69) is 10.3 Å². The van der Waals surface area contributed by atoms with Crippen LogP contribution in [0.25, 0.3) is 0 Å². The lowest BCUT2D eigenvalue weighted by Gasteiger charge is -2.26. The molecule has 19 heavy (non-hydrogen) atoms. The molecule has 2 rings (SSSR count). The largest absolute Gasteiger partial charge is 0.481 e. The number of hydrogen-bond donors (Lipinski definition) is 2. The Morgan fingerprint density at radius 3 is 2.58 bits per heavy atom. The molecule has 1 saturated carbocycles. The molecule has 0 spiro atoms. The maximum absolute atomic E-state index is 12.0. The lowest BCUT2D eigenvalue weighted by atomic mass is 9.86. The molecule has 1 aliphatic rings. The van der Waals surface area contributed by atoms with Crippen molar-refractivity contribution in [2.24, 2.45) is 5.92 Å². The zero-order chi connectivity index (χ0) is 13.8. The van der Waals surface area contributed by atoms with Crippen LogP contribution in [0.2, 0.25) is 5.02 Å². The summed E-state index contributed by atoms with van der Waals surface area (Å²) in [6.45, 7) is 0. The van der Waals surface area contributed by atoms with Crippen LogP contribution < -0.4 is 5.32 Å². The van der Waals surface area contributed by atoms with Gasteiger partial charge in [0.25, 0.3) is 5.91 Å². The molecule has 0 atom stereocenters. The molecule has 1 aromatic heterocycles. The van der Waals surface area contributed by atoms with Crippen LogP contribution in [0, 0.1) is 5.92 Å². The van der Waals surface area contributed by atoms with Crippen molar-refractivity contribution >= 4 is 23.5 Å². The maximum Gasteiger partial charge on any atom is 0.306 e. The zero-order valence-electron chi connectivity index (χ0n) is 10.3. The number of carboxylic acids is 1. The third-order valence-electron chi connectivity index (χ3n) is 3.42. The molecule has 1 heterocycles. The second-order valence-corrected chi connectivity index (χ2v) is 5.12. The Morgan fingerprint density at radius 1 is 1.32 bits per heavy atom. The molecule has 5 nitrogen and oxygen atoms in total. The number of nitrogens with zero attached hydrogens (tertiary/aromatic N) is 1. The summed E-state index contributed by atoms with van der Waals surface area (Å²) >= 11 is 5.92. The first-order valence-electron chi connectivity index (χ1n) is 6.21. The molecule has 0 saturated heterocycles. The van der Waals surface area contributed by atoms with Gasteiger partial charge in [0.05, 0.1) is 16.5 Å². The van der Waals surface area contributed by atoms with Crippen molar-refractivity contribution in [3.8, 4) is 0 Å². The van der Waals surface area contributed by atoms with Gasteiger partial charge >= 0.3 is 5.97 Å². The van der Waals surface area contributed by atoms with Crippen molar-refractivity contribution in [3.63, 3.8) is 0 Å². The number of carbonyl (C=O) groups is 2. The summed E-state index contributed by atoms with van der Waals surface area (Å²) in [5.41, 5.74) is 0.351. The molecule has 2 N–H and O–H groups in total. The van der Waals surface area contributed by atoms with E-state index < -0.39 is 5.97 Å². The van der Waals surface area contributed by atoms with Crippen LogP contribution in [0.3, 0.4) is 0 Å². The quantitative estimate of drug-likeness (QED) is 0.890. The standard InChI is InChI=1S/C13H15ClN2O3/c14-11-5-6-15-7-10(11)12(17)16-9-3-1-8(2-4-9)13(18)19/h5-9H,1-4H2,(H,16,17)(H,18,19). The Labute approximate surface area is 116 Å². The Hall–Kier alpha value is -1.62. The minimum atomic E-state index is -0.750. The average Bonchev–Trinajstić information content (AvgIpc) is 2.39.